The maximum Gasteiger partial charge on any atom is 0.416 e. The molecule has 0 atom stereocenters. The Kier molecular flexibility index (Phi) is 5.13. The predicted molar refractivity (Wildman–Crippen MR) is 106 cm³/mol. The number of aromatic nitrogens is 3. The number of halogens is 3. The van der Waals surface area contributed by atoms with Crippen molar-refractivity contribution in [3.05, 3.63) is 52.8 Å². The van der Waals surface area contributed by atoms with E-state index in [-0.39, 0.29) is 19.0 Å². The van der Waals surface area contributed by atoms with Crippen molar-refractivity contribution in [1.29, 1.82) is 0 Å². The summed E-state index contributed by atoms with van der Waals surface area (Å²) in [7, 11) is 0. The van der Waals surface area contributed by atoms with Gasteiger partial charge >= 0.3 is 6.18 Å². The van der Waals surface area contributed by atoms with Gasteiger partial charge in [0.2, 0.25) is 0 Å². The first-order valence-electron chi connectivity index (χ1n) is 9.89. The zero-order valence-corrected chi connectivity index (χ0v) is 16.5. The molecule has 6 nitrogen and oxygen atoms in total. The molecule has 1 amide bonds. The van der Waals surface area contributed by atoms with Crippen molar-refractivity contribution in [2.45, 2.75) is 52.0 Å². The van der Waals surface area contributed by atoms with Gasteiger partial charge in [-0.05, 0) is 24.1 Å². The van der Waals surface area contributed by atoms with Crippen LogP contribution in [-0.2, 0) is 25.8 Å². The zero-order valence-electron chi connectivity index (χ0n) is 16.5. The van der Waals surface area contributed by atoms with Gasteiger partial charge in [0.1, 0.15) is 0 Å². The van der Waals surface area contributed by atoms with Crippen LogP contribution >= 0.6 is 0 Å². The van der Waals surface area contributed by atoms with Crippen molar-refractivity contribution in [3.63, 3.8) is 0 Å². The quantitative estimate of drug-likeness (QED) is 0.604. The molecule has 1 aliphatic heterocycles. The molecule has 3 aromatic rings. The van der Waals surface area contributed by atoms with Crippen LogP contribution in [0.25, 0.3) is 11.0 Å². The third kappa shape index (κ3) is 3.59. The topological polar surface area (TPSA) is 77.0 Å². The molecule has 0 unspecified atom stereocenters. The number of hydrogen-bond donors (Lipinski definition) is 1. The Hall–Kier alpha value is -3.10. The lowest BCUT2D eigenvalue weighted by atomic mass is 10.1. The number of nitrogen functional groups attached to an aromatic ring is 1. The number of hydrogen-bond acceptors (Lipinski definition) is 4. The Labute approximate surface area is 171 Å². The molecule has 30 heavy (non-hydrogen) atoms. The van der Waals surface area contributed by atoms with E-state index in [1.54, 1.807) is 16.9 Å². The first-order chi connectivity index (χ1) is 14.3. The molecular formula is C21H22F3N5O. The molecule has 0 aliphatic carbocycles. The highest BCUT2D eigenvalue weighted by Gasteiger charge is 2.34. The first kappa shape index (κ1) is 20.2. The molecule has 3 heterocycles. The predicted octanol–water partition coefficient (Wildman–Crippen LogP) is 4.38. The fourth-order valence-electron chi connectivity index (χ4n) is 3.79. The van der Waals surface area contributed by atoms with Crippen LogP contribution in [0.5, 0.6) is 0 Å². The van der Waals surface area contributed by atoms with E-state index in [1.165, 1.54) is 11.0 Å². The summed E-state index contributed by atoms with van der Waals surface area (Å²) in [4.78, 5) is 19.0. The number of fused-ring (bicyclic) bond motifs is 2. The number of anilines is 1. The highest BCUT2D eigenvalue weighted by atomic mass is 19.4. The monoisotopic (exact) mass is 417 g/mol. The Bertz CT molecular complexity index is 1110. The van der Waals surface area contributed by atoms with Crippen LogP contribution in [0.15, 0.2) is 30.5 Å². The summed E-state index contributed by atoms with van der Waals surface area (Å²) in [5.74, 6) is -0.326. The van der Waals surface area contributed by atoms with Gasteiger partial charge in [-0.25, -0.2) is 9.67 Å². The van der Waals surface area contributed by atoms with Gasteiger partial charge < -0.3 is 10.6 Å². The van der Waals surface area contributed by atoms with E-state index >= 15 is 0 Å². The van der Waals surface area contributed by atoms with Crippen LogP contribution in [0, 0.1) is 0 Å². The molecule has 158 valence electrons. The summed E-state index contributed by atoms with van der Waals surface area (Å²) in [6.07, 6.45) is 0.314. The number of aryl methyl sites for hydroxylation is 1. The van der Waals surface area contributed by atoms with Crippen molar-refractivity contribution in [2.24, 2.45) is 0 Å². The lowest BCUT2D eigenvalue weighted by Crippen LogP contribution is -2.24. The second-order valence-corrected chi connectivity index (χ2v) is 7.52. The van der Waals surface area contributed by atoms with Crippen LogP contribution in [0.3, 0.4) is 0 Å². The van der Waals surface area contributed by atoms with E-state index in [1.807, 2.05) is 0 Å². The number of alkyl halides is 3. The van der Waals surface area contributed by atoms with Crippen LogP contribution in [0.4, 0.5) is 18.9 Å². The van der Waals surface area contributed by atoms with Crippen molar-refractivity contribution >= 4 is 22.6 Å². The molecule has 2 N–H and O–H groups in total. The van der Waals surface area contributed by atoms with E-state index in [9.17, 15) is 18.0 Å². The maximum atomic E-state index is 13.0. The average molecular weight is 417 g/mol. The van der Waals surface area contributed by atoms with Crippen LogP contribution in [-0.4, -0.2) is 25.6 Å². The highest BCUT2D eigenvalue weighted by Crippen LogP contribution is 2.34. The van der Waals surface area contributed by atoms with Gasteiger partial charge in [-0.15, -0.1) is 0 Å². The summed E-state index contributed by atoms with van der Waals surface area (Å²) >= 11 is 0. The van der Waals surface area contributed by atoms with Gasteiger partial charge in [-0.2, -0.15) is 18.3 Å². The minimum atomic E-state index is -4.43. The van der Waals surface area contributed by atoms with E-state index in [0.717, 1.165) is 31.4 Å². The lowest BCUT2D eigenvalue weighted by Gasteiger charge is -2.16. The molecule has 0 saturated carbocycles. The maximum absolute atomic E-state index is 13.0. The number of benzene rings is 1. The molecule has 0 fully saturated rings. The third-order valence-corrected chi connectivity index (χ3v) is 5.34. The van der Waals surface area contributed by atoms with Crippen molar-refractivity contribution < 1.29 is 18.0 Å². The Morgan fingerprint density at radius 3 is 2.77 bits per heavy atom. The summed E-state index contributed by atoms with van der Waals surface area (Å²) in [5.41, 5.74) is 7.76. The van der Waals surface area contributed by atoms with Gasteiger partial charge in [0.25, 0.3) is 5.91 Å². The number of nitrogens with zero attached hydrogens (tertiary/aromatic N) is 4. The fourth-order valence-corrected chi connectivity index (χ4v) is 3.79. The second kappa shape index (κ2) is 7.62. The van der Waals surface area contributed by atoms with Crippen molar-refractivity contribution in [2.75, 3.05) is 5.73 Å². The summed E-state index contributed by atoms with van der Waals surface area (Å²) in [6.45, 7) is 3.08. The largest absolute Gasteiger partial charge is 0.416 e. The van der Waals surface area contributed by atoms with Gasteiger partial charge in [0.15, 0.2) is 5.65 Å². The van der Waals surface area contributed by atoms with Gasteiger partial charge in [-0.1, -0.05) is 31.9 Å². The van der Waals surface area contributed by atoms with Gasteiger partial charge in [-0.3, -0.25) is 4.79 Å². The van der Waals surface area contributed by atoms with E-state index in [0.29, 0.717) is 40.1 Å². The lowest BCUT2D eigenvalue weighted by molar-refractivity contribution is -0.137. The molecule has 9 heteroatoms. The molecule has 1 aromatic carbocycles. The summed E-state index contributed by atoms with van der Waals surface area (Å²) in [5, 5.41) is 4.98. The summed E-state index contributed by atoms with van der Waals surface area (Å²) < 4.78 is 40.7. The van der Waals surface area contributed by atoms with Crippen LogP contribution in [0.2, 0.25) is 0 Å². The Balaban J connectivity index is 1.61. The fraction of sp³-hybridized carbons (Fsp3) is 0.381. The number of nitrogens with two attached hydrogens (primary N) is 1. The molecule has 0 saturated heterocycles. The number of unbranched alkanes of at least 4 members (excludes halogenated alkanes) is 2. The van der Waals surface area contributed by atoms with E-state index in [4.69, 9.17) is 5.73 Å². The standard InChI is InChI=1S/C21H22F3N5O/c1-2-3-4-8-29-19-15(10-26-29)18(25)17-16(27-19)12-28(20(17)30)11-13-6-5-7-14(9-13)21(22,23)24/h5-7,9-10H,2-4,8,11-12H2,1H3,(H2,25,27). The zero-order chi connectivity index (χ0) is 21.5. The summed E-state index contributed by atoms with van der Waals surface area (Å²) in [6, 6.07) is 5.00. The molecule has 0 radical (unpaired) electrons. The average Bonchev–Trinajstić information content (AvgIpc) is 3.24. The smallest absolute Gasteiger partial charge is 0.397 e. The Morgan fingerprint density at radius 1 is 1.23 bits per heavy atom. The highest BCUT2D eigenvalue weighted by molar-refractivity contribution is 6.08. The first-order valence-corrected chi connectivity index (χ1v) is 9.89. The van der Waals surface area contributed by atoms with Gasteiger partial charge in [0, 0.05) is 13.1 Å². The second-order valence-electron chi connectivity index (χ2n) is 7.52. The molecule has 1 aliphatic rings. The SMILES string of the molecule is CCCCCn1ncc2c(N)c3c(nc21)CN(Cc1cccc(C(F)(F)F)c1)C3=O. The van der Waals surface area contributed by atoms with Crippen molar-refractivity contribution in [3.8, 4) is 0 Å². The molecule has 0 spiro atoms. The van der Waals surface area contributed by atoms with E-state index < -0.39 is 11.7 Å². The molecule has 0 bridgehead atoms. The third-order valence-electron chi connectivity index (χ3n) is 5.34. The van der Waals surface area contributed by atoms with Crippen molar-refractivity contribution in [1.82, 2.24) is 19.7 Å². The Morgan fingerprint density at radius 2 is 2.03 bits per heavy atom. The number of carbonyl (C=O) groups is 1. The minimum absolute atomic E-state index is 0.0531. The minimum Gasteiger partial charge on any atom is -0.397 e. The number of amides is 1. The molecule has 2 aromatic heterocycles. The molecular weight excluding hydrogens is 395 g/mol. The number of carbonyl (C=O) groups excluding carboxylic acids is 1. The molecule has 4 rings (SSSR count). The van der Waals surface area contributed by atoms with Gasteiger partial charge in [0.05, 0.1) is 40.6 Å². The van der Waals surface area contributed by atoms with E-state index in [2.05, 4.69) is 17.0 Å². The normalized spacial score (nSPS) is 14.0. The number of rotatable bonds is 6. The van der Waals surface area contributed by atoms with Crippen LogP contribution in [0.1, 0.15) is 53.4 Å². The van der Waals surface area contributed by atoms with Crippen LogP contribution < -0.4 is 5.73 Å². The number of pyridine rings is 1.